The van der Waals surface area contributed by atoms with Crippen molar-refractivity contribution in [2.24, 2.45) is 0 Å². The molecule has 0 bridgehead atoms. The van der Waals surface area contributed by atoms with Crippen LogP contribution in [0.25, 0.3) is 21.9 Å². The van der Waals surface area contributed by atoms with Crippen LogP contribution in [0.4, 0.5) is 11.4 Å². The van der Waals surface area contributed by atoms with E-state index in [2.05, 4.69) is 16.7 Å². The van der Waals surface area contributed by atoms with Gasteiger partial charge in [-0.15, -0.1) is 0 Å². The molecule has 4 aromatic rings. The monoisotopic (exact) mass is 385 g/mol. The van der Waals surface area contributed by atoms with Crippen molar-refractivity contribution < 1.29 is 13.9 Å². The van der Waals surface area contributed by atoms with Gasteiger partial charge >= 0.3 is 0 Å². The summed E-state index contributed by atoms with van der Waals surface area (Å²) in [4.78, 5) is 12.6. The van der Waals surface area contributed by atoms with Crippen LogP contribution in [0.3, 0.4) is 0 Å². The Morgan fingerprint density at radius 1 is 1.07 bits per heavy atom. The summed E-state index contributed by atoms with van der Waals surface area (Å²) >= 11 is 0. The van der Waals surface area contributed by atoms with Gasteiger partial charge in [-0.1, -0.05) is 24.3 Å². The normalized spacial score (nSPS) is 11.8. The Morgan fingerprint density at radius 3 is 2.69 bits per heavy atom. The third-order valence-electron chi connectivity index (χ3n) is 4.72. The fraction of sp³-hybridized carbons (Fsp3) is 0.130. The molecular weight excluding hydrogens is 366 g/mol. The van der Waals surface area contributed by atoms with E-state index in [0.717, 1.165) is 16.4 Å². The van der Waals surface area contributed by atoms with Crippen molar-refractivity contribution in [3.05, 3.63) is 66.2 Å². The Labute approximate surface area is 167 Å². The summed E-state index contributed by atoms with van der Waals surface area (Å²) in [6.07, 6.45) is 0. The van der Waals surface area contributed by atoms with Gasteiger partial charge in [0.25, 0.3) is 0 Å². The first-order chi connectivity index (χ1) is 14.1. The summed E-state index contributed by atoms with van der Waals surface area (Å²) in [5.74, 6) is 0.391. The molecule has 6 heteroatoms. The summed E-state index contributed by atoms with van der Waals surface area (Å²) in [6, 6.07) is 19.9. The Bertz CT molecular complexity index is 1250. The molecule has 1 atom stereocenters. The molecular formula is C23H19N3O3. The van der Waals surface area contributed by atoms with Crippen molar-refractivity contribution >= 4 is 39.2 Å². The third-order valence-corrected chi connectivity index (χ3v) is 4.72. The first kappa shape index (κ1) is 18.4. The second-order valence-electron chi connectivity index (χ2n) is 6.69. The fourth-order valence-corrected chi connectivity index (χ4v) is 3.25. The molecule has 4 rings (SSSR count). The van der Waals surface area contributed by atoms with Gasteiger partial charge in [0.15, 0.2) is 0 Å². The maximum absolute atomic E-state index is 12.6. The molecule has 1 aromatic heterocycles. The zero-order chi connectivity index (χ0) is 20.4. The second kappa shape index (κ2) is 7.56. The molecule has 1 heterocycles. The number of nitriles is 1. The molecule has 0 aliphatic rings. The Balaban J connectivity index is 1.59. The van der Waals surface area contributed by atoms with Gasteiger partial charge in [-0.3, -0.25) is 4.79 Å². The van der Waals surface area contributed by atoms with Crippen LogP contribution in [0.1, 0.15) is 12.5 Å². The Kier molecular flexibility index (Phi) is 4.80. The number of nitrogens with one attached hydrogen (secondary N) is 2. The Hall–Kier alpha value is -3.98. The van der Waals surface area contributed by atoms with Crippen LogP contribution in [0, 0.1) is 11.3 Å². The molecule has 3 aromatic carbocycles. The van der Waals surface area contributed by atoms with Crippen molar-refractivity contribution in [1.29, 1.82) is 5.26 Å². The Morgan fingerprint density at radius 2 is 1.90 bits per heavy atom. The van der Waals surface area contributed by atoms with E-state index in [0.29, 0.717) is 28.3 Å². The van der Waals surface area contributed by atoms with E-state index in [1.165, 1.54) is 0 Å². The largest absolute Gasteiger partial charge is 0.495 e. The minimum Gasteiger partial charge on any atom is -0.495 e. The number of ether oxygens (including phenoxy) is 1. The minimum absolute atomic E-state index is 0.230. The van der Waals surface area contributed by atoms with Gasteiger partial charge in [-0.25, -0.2) is 0 Å². The average Bonchev–Trinajstić information content (AvgIpc) is 3.10. The molecule has 0 radical (unpaired) electrons. The summed E-state index contributed by atoms with van der Waals surface area (Å²) in [5, 5.41) is 17.0. The predicted molar refractivity (Wildman–Crippen MR) is 113 cm³/mol. The number of hydrogen-bond donors (Lipinski definition) is 2. The van der Waals surface area contributed by atoms with E-state index in [1.807, 2.05) is 36.4 Å². The van der Waals surface area contributed by atoms with Gasteiger partial charge in [-0.2, -0.15) is 5.26 Å². The maximum atomic E-state index is 12.6. The number of rotatable bonds is 5. The molecule has 0 fully saturated rings. The molecule has 2 N–H and O–H groups in total. The van der Waals surface area contributed by atoms with Gasteiger partial charge < -0.3 is 19.8 Å². The summed E-state index contributed by atoms with van der Waals surface area (Å²) in [6.45, 7) is 1.76. The standard InChI is InChI=1S/C23H19N3O3/c1-14(23(27)26-16-7-5-6-15(10-16)13-24)25-19-12-21-18(11-22(19)28-2)17-8-3-4-9-20(17)29-21/h3-12,14,25H,1-2H3,(H,26,27)/t14-/m1/s1. The maximum Gasteiger partial charge on any atom is 0.246 e. The molecule has 144 valence electrons. The van der Waals surface area contributed by atoms with Crippen molar-refractivity contribution in [3.63, 3.8) is 0 Å². The lowest BCUT2D eigenvalue weighted by molar-refractivity contribution is -0.116. The molecule has 0 saturated heterocycles. The summed E-state index contributed by atoms with van der Waals surface area (Å²) < 4.78 is 11.5. The number of methoxy groups -OCH3 is 1. The van der Waals surface area contributed by atoms with Crippen LogP contribution in [0.2, 0.25) is 0 Å². The van der Waals surface area contributed by atoms with Gasteiger partial charge in [0.2, 0.25) is 5.91 Å². The van der Waals surface area contributed by atoms with Crippen molar-refractivity contribution in [2.45, 2.75) is 13.0 Å². The van der Waals surface area contributed by atoms with E-state index >= 15 is 0 Å². The van der Waals surface area contributed by atoms with Crippen LogP contribution in [0.15, 0.2) is 65.1 Å². The number of anilines is 2. The van der Waals surface area contributed by atoms with Crippen LogP contribution < -0.4 is 15.4 Å². The predicted octanol–water partition coefficient (Wildman–Crippen LogP) is 4.91. The van der Waals surface area contributed by atoms with Crippen molar-refractivity contribution in [2.75, 3.05) is 17.7 Å². The van der Waals surface area contributed by atoms with Gasteiger partial charge in [0.1, 0.15) is 23.0 Å². The van der Waals surface area contributed by atoms with Gasteiger partial charge in [0, 0.05) is 22.5 Å². The molecule has 6 nitrogen and oxygen atoms in total. The summed E-state index contributed by atoms with van der Waals surface area (Å²) in [5.41, 5.74) is 3.23. The van der Waals surface area contributed by atoms with E-state index in [4.69, 9.17) is 14.4 Å². The molecule has 0 aliphatic carbocycles. The van der Waals surface area contributed by atoms with Crippen molar-refractivity contribution in [3.8, 4) is 11.8 Å². The molecule has 0 unspecified atom stereocenters. The van der Waals surface area contributed by atoms with Crippen LogP contribution in [-0.4, -0.2) is 19.1 Å². The topological polar surface area (TPSA) is 87.3 Å². The molecule has 0 aliphatic heterocycles. The lowest BCUT2D eigenvalue weighted by Gasteiger charge is -2.17. The summed E-state index contributed by atoms with van der Waals surface area (Å²) in [7, 11) is 1.59. The highest BCUT2D eigenvalue weighted by Crippen LogP contribution is 2.36. The zero-order valence-electron chi connectivity index (χ0n) is 16.0. The highest BCUT2D eigenvalue weighted by Gasteiger charge is 2.17. The quantitative estimate of drug-likeness (QED) is 0.510. The number of benzene rings is 3. The molecule has 0 spiro atoms. The van der Waals surface area contributed by atoms with E-state index in [-0.39, 0.29) is 5.91 Å². The second-order valence-corrected chi connectivity index (χ2v) is 6.69. The van der Waals surface area contributed by atoms with Crippen molar-refractivity contribution in [1.82, 2.24) is 0 Å². The van der Waals surface area contributed by atoms with E-state index in [9.17, 15) is 4.79 Å². The lowest BCUT2D eigenvalue weighted by Crippen LogP contribution is -2.32. The highest BCUT2D eigenvalue weighted by molar-refractivity contribution is 6.07. The number of carbonyl (C=O) groups excluding carboxylic acids is 1. The first-order valence-electron chi connectivity index (χ1n) is 9.16. The van der Waals surface area contributed by atoms with Crippen LogP contribution in [-0.2, 0) is 4.79 Å². The minimum atomic E-state index is -0.545. The molecule has 29 heavy (non-hydrogen) atoms. The van der Waals surface area contributed by atoms with Crippen LogP contribution >= 0.6 is 0 Å². The number of amides is 1. The van der Waals surface area contributed by atoms with Gasteiger partial charge in [-0.05, 0) is 37.3 Å². The smallest absolute Gasteiger partial charge is 0.246 e. The molecule has 1 amide bonds. The van der Waals surface area contributed by atoms with E-state index in [1.54, 1.807) is 38.3 Å². The number of carbonyl (C=O) groups is 1. The average molecular weight is 385 g/mol. The number of fused-ring (bicyclic) bond motifs is 3. The fourth-order valence-electron chi connectivity index (χ4n) is 3.25. The van der Waals surface area contributed by atoms with Gasteiger partial charge in [0.05, 0.1) is 24.4 Å². The highest BCUT2D eigenvalue weighted by atomic mass is 16.5. The van der Waals surface area contributed by atoms with E-state index < -0.39 is 6.04 Å². The first-order valence-corrected chi connectivity index (χ1v) is 9.16. The SMILES string of the molecule is COc1cc2c(cc1N[C@H](C)C(=O)Nc1cccc(C#N)c1)oc1ccccc12. The third kappa shape index (κ3) is 3.58. The molecule has 0 saturated carbocycles. The number of nitrogens with zero attached hydrogens (tertiary/aromatic N) is 1. The number of para-hydroxylation sites is 1. The lowest BCUT2D eigenvalue weighted by atomic mass is 10.1. The number of furan rings is 1. The zero-order valence-corrected chi connectivity index (χ0v) is 16.0. The van der Waals surface area contributed by atoms with Crippen LogP contribution in [0.5, 0.6) is 5.75 Å². The number of hydrogen-bond acceptors (Lipinski definition) is 5.